The summed E-state index contributed by atoms with van der Waals surface area (Å²) in [5.41, 5.74) is 2.15. The van der Waals surface area contributed by atoms with Gasteiger partial charge in [-0.1, -0.05) is 64.4 Å². The Labute approximate surface area is 198 Å². The van der Waals surface area contributed by atoms with E-state index in [1.54, 1.807) is 31.2 Å². The van der Waals surface area contributed by atoms with Crippen LogP contribution in [0.15, 0.2) is 42.5 Å². The number of nitrogens with zero attached hydrogens (tertiary/aromatic N) is 1. The first-order valence-corrected chi connectivity index (χ1v) is 11.0. The van der Waals surface area contributed by atoms with E-state index >= 15 is 0 Å². The molecule has 2 aromatic carbocycles. The number of ether oxygens (including phenoxy) is 1. The van der Waals surface area contributed by atoms with E-state index in [0.29, 0.717) is 16.6 Å². The van der Waals surface area contributed by atoms with Crippen molar-refractivity contribution in [3.05, 3.63) is 64.8 Å². The number of carboxylic acid groups (broad SMARTS) is 1. The van der Waals surface area contributed by atoms with Gasteiger partial charge in [-0.05, 0) is 31.9 Å². The molecule has 34 heavy (non-hydrogen) atoms. The zero-order valence-corrected chi connectivity index (χ0v) is 20.6. The van der Waals surface area contributed by atoms with Gasteiger partial charge in [-0.3, -0.25) is 9.59 Å². The quantitative estimate of drug-likeness (QED) is 0.394. The van der Waals surface area contributed by atoms with E-state index in [1.165, 1.54) is 10.6 Å². The van der Waals surface area contributed by atoms with Gasteiger partial charge in [0.05, 0.1) is 11.1 Å². The summed E-state index contributed by atoms with van der Waals surface area (Å²) < 4.78 is 42.8. The number of aliphatic carboxylic acids is 1. The summed E-state index contributed by atoms with van der Waals surface area (Å²) in [5, 5.41) is 9.55. The number of carbonyl (C=O) groups excluding carboxylic acids is 1. The van der Waals surface area contributed by atoms with Gasteiger partial charge in [0.15, 0.2) is 5.78 Å². The van der Waals surface area contributed by atoms with E-state index in [2.05, 4.69) is 25.5 Å². The molecule has 0 aliphatic carbocycles. The van der Waals surface area contributed by atoms with Crippen molar-refractivity contribution < 1.29 is 32.6 Å². The van der Waals surface area contributed by atoms with Gasteiger partial charge in [-0.15, -0.1) is 13.2 Å². The molecule has 0 saturated heterocycles. The molecule has 1 aromatic heterocycles. The van der Waals surface area contributed by atoms with Crippen LogP contribution in [0.5, 0.6) is 5.75 Å². The van der Waals surface area contributed by atoms with E-state index in [4.69, 9.17) is 0 Å². The fraction of sp³-hybridized carbons (Fsp3) is 0.385. The molecule has 0 saturated carbocycles. The lowest BCUT2D eigenvalue weighted by Crippen LogP contribution is -2.17. The van der Waals surface area contributed by atoms with Gasteiger partial charge in [-0.25, -0.2) is 0 Å². The third-order valence-corrected chi connectivity index (χ3v) is 4.36. The van der Waals surface area contributed by atoms with Crippen molar-refractivity contribution >= 4 is 22.7 Å². The molecule has 5 nitrogen and oxygen atoms in total. The zero-order chi connectivity index (χ0) is 26.2. The van der Waals surface area contributed by atoms with Crippen LogP contribution in [0.25, 0.3) is 10.9 Å². The number of hydrogen-bond donors (Lipinski definition) is 1. The van der Waals surface area contributed by atoms with Crippen molar-refractivity contribution in [2.75, 3.05) is 0 Å². The number of aryl methyl sites for hydroxylation is 1. The van der Waals surface area contributed by atoms with Crippen molar-refractivity contribution in [1.29, 1.82) is 0 Å². The smallest absolute Gasteiger partial charge is 0.480 e. The largest absolute Gasteiger partial charge is 0.573 e. The van der Waals surface area contributed by atoms with Crippen molar-refractivity contribution in [1.82, 2.24) is 4.57 Å². The number of ketones is 1. The second-order valence-electron chi connectivity index (χ2n) is 8.09. The average molecular weight is 480 g/mol. The number of halogens is 3. The summed E-state index contributed by atoms with van der Waals surface area (Å²) in [7, 11) is 0. The maximum atomic E-state index is 13.0. The van der Waals surface area contributed by atoms with E-state index in [0.717, 1.165) is 23.6 Å². The molecule has 0 aliphatic heterocycles. The van der Waals surface area contributed by atoms with Crippen LogP contribution in [0.2, 0.25) is 0 Å². The van der Waals surface area contributed by atoms with Crippen LogP contribution in [0.3, 0.4) is 0 Å². The van der Waals surface area contributed by atoms with Gasteiger partial charge >= 0.3 is 12.3 Å². The third-order valence-electron chi connectivity index (χ3n) is 4.36. The summed E-state index contributed by atoms with van der Waals surface area (Å²) in [6, 6.07) is 10.4. The van der Waals surface area contributed by atoms with Gasteiger partial charge in [0.25, 0.3) is 0 Å². The molecule has 0 bridgehead atoms. The zero-order valence-electron chi connectivity index (χ0n) is 20.6. The molecule has 8 heteroatoms. The SMILES string of the molecule is CC.CC(C)C.Cc1ccc(C(=O)c2c(C)n(CC(=O)O)c3cc(OC(F)(F)F)ccc23)cc1. The normalized spacial score (nSPS) is 10.8. The molecule has 0 unspecified atom stereocenters. The molecule has 3 rings (SSSR count). The number of aromatic nitrogens is 1. The summed E-state index contributed by atoms with van der Waals surface area (Å²) in [5.74, 6) is -1.17. The third kappa shape index (κ3) is 7.93. The van der Waals surface area contributed by atoms with Crippen LogP contribution >= 0.6 is 0 Å². The summed E-state index contributed by atoms with van der Waals surface area (Å²) >= 11 is 0. The van der Waals surface area contributed by atoms with Crippen LogP contribution < -0.4 is 4.74 Å². The van der Waals surface area contributed by atoms with Crippen LogP contribution in [0, 0.1) is 19.8 Å². The van der Waals surface area contributed by atoms with Gasteiger partial charge in [-0.2, -0.15) is 0 Å². The molecule has 0 atom stereocenters. The topological polar surface area (TPSA) is 68.5 Å². The number of carboxylic acids is 1. The Morgan fingerprint density at radius 2 is 1.53 bits per heavy atom. The number of rotatable bonds is 5. The first-order valence-electron chi connectivity index (χ1n) is 11.0. The predicted octanol–water partition coefficient (Wildman–Crippen LogP) is 7.16. The summed E-state index contributed by atoms with van der Waals surface area (Å²) in [6.07, 6.45) is -4.88. The fourth-order valence-electron chi connectivity index (χ4n) is 3.13. The molecular formula is C26H32F3NO4. The molecule has 1 N–H and O–H groups in total. The monoisotopic (exact) mass is 479 g/mol. The first kappa shape index (κ1) is 28.7. The Kier molecular flexibility index (Phi) is 10.4. The molecule has 0 amide bonds. The van der Waals surface area contributed by atoms with E-state index in [1.807, 2.05) is 20.8 Å². The highest BCUT2D eigenvalue weighted by molar-refractivity contribution is 6.17. The second kappa shape index (κ2) is 12.3. The van der Waals surface area contributed by atoms with Crippen molar-refractivity contribution in [2.45, 2.75) is 61.4 Å². The predicted molar refractivity (Wildman–Crippen MR) is 127 cm³/mol. The summed E-state index contributed by atoms with van der Waals surface area (Å²) in [6.45, 7) is 13.4. The molecular weight excluding hydrogens is 447 g/mol. The maximum absolute atomic E-state index is 13.0. The Morgan fingerprint density at radius 3 is 2.00 bits per heavy atom. The van der Waals surface area contributed by atoms with Crippen LogP contribution in [0.1, 0.15) is 61.8 Å². The molecule has 0 spiro atoms. The highest BCUT2D eigenvalue weighted by Crippen LogP contribution is 2.33. The maximum Gasteiger partial charge on any atom is 0.573 e. The standard InChI is InChI=1S/C20H16F3NO4.C4H10.C2H6/c1-11-3-5-13(6-4-11)19(27)18-12(2)24(10-17(25)26)16-9-14(7-8-15(16)18)28-20(21,22)23;1-4(2)3;1-2/h3-9H,10H2,1-2H3,(H,25,26);4H,1-3H3;1-2H3. The fourth-order valence-corrected chi connectivity index (χ4v) is 3.13. The number of benzene rings is 2. The minimum atomic E-state index is -4.88. The molecule has 3 aromatic rings. The minimum absolute atomic E-state index is 0.178. The van der Waals surface area contributed by atoms with Gasteiger partial charge in [0, 0.05) is 22.7 Å². The minimum Gasteiger partial charge on any atom is -0.480 e. The van der Waals surface area contributed by atoms with Gasteiger partial charge in [0.2, 0.25) is 0 Å². The van der Waals surface area contributed by atoms with Crippen LogP contribution in [0.4, 0.5) is 13.2 Å². The summed E-state index contributed by atoms with van der Waals surface area (Å²) in [4.78, 5) is 24.3. The van der Waals surface area contributed by atoms with E-state index in [-0.39, 0.29) is 16.9 Å². The number of alkyl halides is 3. The number of carbonyl (C=O) groups is 2. The van der Waals surface area contributed by atoms with Crippen LogP contribution in [-0.2, 0) is 11.3 Å². The lowest BCUT2D eigenvalue weighted by atomic mass is 9.99. The average Bonchev–Trinajstić information content (AvgIpc) is 2.98. The second-order valence-corrected chi connectivity index (χ2v) is 8.09. The molecule has 186 valence electrons. The van der Waals surface area contributed by atoms with Gasteiger partial charge in [0.1, 0.15) is 12.3 Å². The number of hydrogen-bond acceptors (Lipinski definition) is 3. The van der Waals surface area contributed by atoms with E-state index in [9.17, 15) is 27.9 Å². The lowest BCUT2D eigenvalue weighted by molar-refractivity contribution is -0.274. The Bertz CT molecular complexity index is 1110. The van der Waals surface area contributed by atoms with E-state index < -0.39 is 24.6 Å². The Morgan fingerprint density at radius 1 is 1.00 bits per heavy atom. The Balaban J connectivity index is 0.000000872. The lowest BCUT2D eigenvalue weighted by Gasteiger charge is -2.10. The molecule has 0 radical (unpaired) electrons. The van der Waals surface area contributed by atoms with Crippen molar-refractivity contribution in [3.8, 4) is 5.75 Å². The molecule has 0 fully saturated rings. The van der Waals surface area contributed by atoms with Crippen LogP contribution in [-0.4, -0.2) is 27.8 Å². The highest BCUT2D eigenvalue weighted by atomic mass is 19.4. The molecule has 1 heterocycles. The highest BCUT2D eigenvalue weighted by Gasteiger charge is 2.31. The first-order chi connectivity index (χ1) is 15.8. The Hall–Kier alpha value is -3.29. The number of fused-ring (bicyclic) bond motifs is 1. The van der Waals surface area contributed by atoms with Crippen molar-refractivity contribution in [2.24, 2.45) is 5.92 Å². The van der Waals surface area contributed by atoms with Crippen molar-refractivity contribution in [3.63, 3.8) is 0 Å². The molecule has 0 aliphatic rings. The van der Waals surface area contributed by atoms with Gasteiger partial charge < -0.3 is 14.4 Å².